The molecule has 1 fully saturated rings. The summed E-state index contributed by atoms with van der Waals surface area (Å²) in [4.78, 5) is 29.4. The van der Waals surface area contributed by atoms with Crippen LogP contribution in [-0.2, 0) is 4.79 Å². The zero-order valence-corrected chi connectivity index (χ0v) is 21.5. The van der Waals surface area contributed by atoms with Crippen LogP contribution in [0.3, 0.4) is 0 Å². The van der Waals surface area contributed by atoms with Crippen molar-refractivity contribution < 1.29 is 9.59 Å². The first-order chi connectivity index (χ1) is 18.5. The van der Waals surface area contributed by atoms with Crippen LogP contribution >= 0.6 is 0 Å². The van der Waals surface area contributed by atoms with E-state index in [1.165, 1.54) is 0 Å². The van der Waals surface area contributed by atoms with Gasteiger partial charge in [-0.25, -0.2) is 4.68 Å². The molecule has 38 heavy (non-hydrogen) atoms. The number of amides is 2. The molecule has 192 valence electrons. The minimum absolute atomic E-state index is 0.0800. The van der Waals surface area contributed by atoms with Crippen molar-refractivity contribution in [2.24, 2.45) is 0 Å². The predicted molar refractivity (Wildman–Crippen MR) is 149 cm³/mol. The second-order valence-corrected chi connectivity index (χ2v) is 9.96. The fraction of sp³-hybridized carbons (Fsp3) is 0.233. The van der Waals surface area contributed by atoms with E-state index in [1.54, 1.807) is 0 Å². The Balaban J connectivity index is 1.30. The highest BCUT2D eigenvalue weighted by atomic mass is 16.2. The molecule has 8 heteroatoms. The lowest BCUT2D eigenvalue weighted by Gasteiger charge is -2.23. The number of para-hydroxylation sites is 1. The van der Waals surface area contributed by atoms with Crippen molar-refractivity contribution in [2.45, 2.75) is 32.7 Å². The molecular formula is C30H30N6O2. The van der Waals surface area contributed by atoms with Crippen LogP contribution in [0.5, 0.6) is 0 Å². The zero-order valence-electron chi connectivity index (χ0n) is 21.5. The first-order valence-corrected chi connectivity index (χ1v) is 13.0. The Morgan fingerprint density at radius 3 is 2.76 bits per heavy atom. The second kappa shape index (κ2) is 9.79. The van der Waals surface area contributed by atoms with Crippen molar-refractivity contribution in [2.75, 3.05) is 18.4 Å². The first-order valence-electron chi connectivity index (χ1n) is 13.0. The lowest BCUT2D eigenvalue weighted by atomic mass is 9.99. The van der Waals surface area contributed by atoms with Gasteiger partial charge in [-0.05, 0) is 74.7 Å². The Morgan fingerprint density at radius 1 is 1.13 bits per heavy atom. The lowest BCUT2D eigenvalue weighted by Crippen LogP contribution is -2.45. The number of nitrogens with one attached hydrogen (secondary N) is 4. The number of rotatable bonds is 5. The Morgan fingerprint density at radius 2 is 1.97 bits per heavy atom. The van der Waals surface area contributed by atoms with E-state index in [0.29, 0.717) is 11.1 Å². The van der Waals surface area contributed by atoms with Gasteiger partial charge in [0.25, 0.3) is 11.8 Å². The van der Waals surface area contributed by atoms with Crippen molar-refractivity contribution in [3.63, 3.8) is 0 Å². The SMILES string of the molecule is Cc1[nH]c(/C=C2\C(=O)Nc3ccc(-c4cnn(-c5ccccc5)c4)cc32)c(C)c1C(=O)N[C@@H]1CCCNC1. The maximum Gasteiger partial charge on any atom is 0.256 e. The average molecular weight is 507 g/mol. The standard InChI is InChI=1S/C30H30N6O2/c1-18-27(33-19(2)28(18)30(38)34-22-7-6-12-31-16-22)14-25-24-13-20(10-11-26(24)35-29(25)37)21-15-32-36(17-21)23-8-4-3-5-9-23/h3-5,8-11,13-15,17,22,31,33H,6-7,12,16H2,1-2H3,(H,34,38)(H,35,37)/b25-14-/t22-/m1/s1. The molecule has 0 unspecified atom stereocenters. The van der Waals surface area contributed by atoms with Gasteiger partial charge in [0.15, 0.2) is 0 Å². The molecule has 8 nitrogen and oxygen atoms in total. The summed E-state index contributed by atoms with van der Waals surface area (Å²) in [5.41, 5.74) is 8.08. The summed E-state index contributed by atoms with van der Waals surface area (Å²) < 4.78 is 1.84. The minimum Gasteiger partial charge on any atom is -0.358 e. The molecule has 0 spiro atoms. The van der Waals surface area contributed by atoms with Crippen molar-refractivity contribution in [1.29, 1.82) is 0 Å². The fourth-order valence-corrected chi connectivity index (χ4v) is 5.34. The molecule has 2 aromatic heterocycles. The summed E-state index contributed by atoms with van der Waals surface area (Å²) in [5.74, 6) is -0.244. The Bertz CT molecular complexity index is 1560. The first kappa shape index (κ1) is 23.9. The second-order valence-electron chi connectivity index (χ2n) is 9.96. The molecule has 2 amide bonds. The molecule has 2 aliphatic heterocycles. The molecule has 1 saturated heterocycles. The van der Waals surface area contributed by atoms with Crippen LogP contribution in [-0.4, -0.2) is 45.7 Å². The van der Waals surface area contributed by atoms with Crippen LogP contribution in [0.4, 0.5) is 5.69 Å². The maximum atomic E-state index is 13.1. The van der Waals surface area contributed by atoms with Crippen molar-refractivity contribution in [3.8, 4) is 16.8 Å². The molecule has 4 aromatic rings. The zero-order chi connectivity index (χ0) is 26.2. The summed E-state index contributed by atoms with van der Waals surface area (Å²) in [7, 11) is 0. The molecule has 0 radical (unpaired) electrons. The lowest BCUT2D eigenvalue weighted by molar-refractivity contribution is -0.110. The number of benzene rings is 2. The summed E-state index contributed by atoms with van der Waals surface area (Å²) in [6.45, 7) is 5.60. The van der Waals surface area contributed by atoms with Crippen molar-refractivity contribution >= 4 is 29.2 Å². The summed E-state index contributed by atoms with van der Waals surface area (Å²) in [6.07, 6.45) is 7.68. The molecule has 0 aliphatic carbocycles. The third-order valence-electron chi connectivity index (χ3n) is 7.36. The number of piperidine rings is 1. The van der Waals surface area contributed by atoms with Gasteiger partial charge in [-0.3, -0.25) is 9.59 Å². The molecule has 1 atom stereocenters. The largest absolute Gasteiger partial charge is 0.358 e. The Kier molecular flexibility index (Phi) is 6.17. The number of anilines is 1. The maximum absolute atomic E-state index is 13.1. The molecule has 2 aromatic carbocycles. The number of hydrogen-bond acceptors (Lipinski definition) is 4. The van der Waals surface area contributed by atoms with E-state index in [9.17, 15) is 9.59 Å². The van der Waals surface area contributed by atoms with Crippen molar-refractivity contribution in [3.05, 3.63) is 89.0 Å². The quantitative estimate of drug-likeness (QED) is 0.300. The number of nitrogens with zero attached hydrogens (tertiary/aromatic N) is 2. The molecule has 0 saturated carbocycles. The summed E-state index contributed by atoms with van der Waals surface area (Å²) in [5, 5.41) is 14.0. The van der Waals surface area contributed by atoms with Gasteiger partial charge in [-0.15, -0.1) is 0 Å². The van der Waals surface area contributed by atoms with Gasteiger partial charge in [-0.2, -0.15) is 5.10 Å². The van der Waals surface area contributed by atoms with Gasteiger partial charge in [0.2, 0.25) is 0 Å². The van der Waals surface area contributed by atoms with E-state index in [1.807, 2.05) is 85.5 Å². The predicted octanol–water partition coefficient (Wildman–Crippen LogP) is 4.46. The molecule has 4 N–H and O–H groups in total. The van der Waals surface area contributed by atoms with Gasteiger partial charge >= 0.3 is 0 Å². The Labute approximate surface area is 221 Å². The van der Waals surface area contributed by atoms with Crippen LogP contribution in [0.1, 0.15) is 45.7 Å². The van der Waals surface area contributed by atoms with E-state index < -0.39 is 0 Å². The van der Waals surface area contributed by atoms with Crippen LogP contribution in [0.25, 0.3) is 28.5 Å². The third-order valence-corrected chi connectivity index (χ3v) is 7.36. The van der Waals surface area contributed by atoms with Crippen LogP contribution in [0.2, 0.25) is 0 Å². The Hall–Kier alpha value is -4.43. The van der Waals surface area contributed by atoms with Crippen LogP contribution in [0.15, 0.2) is 60.9 Å². The number of hydrogen-bond donors (Lipinski definition) is 4. The highest BCUT2D eigenvalue weighted by Gasteiger charge is 2.27. The molecule has 6 rings (SSSR count). The highest BCUT2D eigenvalue weighted by molar-refractivity contribution is 6.35. The number of carbonyl (C=O) groups excluding carboxylic acids is 2. The van der Waals surface area contributed by atoms with Gasteiger partial charge in [0.05, 0.1) is 23.0 Å². The fourth-order valence-electron chi connectivity index (χ4n) is 5.34. The van der Waals surface area contributed by atoms with E-state index in [0.717, 1.165) is 70.9 Å². The highest BCUT2D eigenvalue weighted by Crippen LogP contribution is 2.37. The monoisotopic (exact) mass is 506 g/mol. The minimum atomic E-state index is -0.164. The smallest absolute Gasteiger partial charge is 0.256 e. The third kappa shape index (κ3) is 4.43. The number of aromatic nitrogens is 3. The number of aryl methyl sites for hydroxylation is 1. The van der Waals surface area contributed by atoms with E-state index in [2.05, 4.69) is 26.0 Å². The summed E-state index contributed by atoms with van der Waals surface area (Å²) >= 11 is 0. The van der Waals surface area contributed by atoms with Crippen LogP contribution < -0.4 is 16.0 Å². The average Bonchev–Trinajstić information content (AvgIpc) is 3.61. The van der Waals surface area contributed by atoms with Gasteiger partial charge < -0.3 is 20.9 Å². The molecule has 4 heterocycles. The molecular weight excluding hydrogens is 476 g/mol. The van der Waals surface area contributed by atoms with Gasteiger partial charge in [-0.1, -0.05) is 24.3 Å². The normalized spacial score (nSPS) is 17.9. The van der Waals surface area contributed by atoms with Crippen molar-refractivity contribution in [1.82, 2.24) is 25.4 Å². The van der Waals surface area contributed by atoms with Gasteiger partial charge in [0, 0.05) is 47.0 Å². The van der Waals surface area contributed by atoms with Gasteiger partial charge in [0.1, 0.15) is 0 Å². The number of fused-ring (bicyclic) bond motifs is 1. The van der Waals surface area contributed by atoms with E-state index >= 15 is 0 Å². The molecule has 2 aliphatic rings. The summed E-state index contributed by atoms with van der Waals surface area (Å²) in [6, 6.07) is 16.0. The topological polar surface area (TPSA) is 104 Å². The number of H-pyrrole nitrogens is 1. The van der Waals surface area contributed by atoms with E-state index in [-0.39, 0.29) is 17.9 Å². The molecule has 0 bridgehead atoms. The van der Waals surface area contributed by atoms with E-state index in [4.69, 9.17) is 0 Å². The van der Waals surface area contributed by atoms with Crippen LogP contribution in [0, 0.1) is 13.8 Å². The number of aromatic amines is 1. The number of carbonyl (C=O) groups is 2.